The van der Waals surface area contributed by atoms with Crippen molar-refractivity contribution in [3.05, 3.63) is 24.8 Å². The third-order valence-electron chi connectivity index (χ3n) is 3.65. The summed E-state index contributed by atoms with van der Waals surface area (Å²) >= 11 is 0. The van der Waals surface area contributed by atoms with Gasteiger partial charge in [-0.25, -0.2) is 4.68 Å². The highest BCUT2D eigenvalue weighted by atomic mass is 15.5. The molecule has 0 amide bonds. The van der Waals surface area contributed by atoms with Crippen LogP contribution in [0.4, 0.5) is 0 Å². The van der Waals surface area contributed by atoms with Crippen LogP contribution in [0.25, 0.3) is 0 Å². The van der Waals surface area contributed by atoms with Gasteiger partial charge in [0.15, 0.2) is 0 Å². The fourth-order valence-electron chi connectivity index (χ4n) is 2.53. The summed E-state index contributed by atoms with van der Waals surface area (Å²) in [7, 11) is 0. The Labute approximate surface area is 117 Å². The van der Waals surface area contributed by atoms with Crippen LogP contribution in [0, 0.1) is 0 Å². The predicted octanol–water partition coefficient (Wildman–Crippen LogP) is -0.375. The Morgan fingerprint density at radius 2 is 1.60 bits per heavy atom. The third kappa shape index (κ3) is 3.20. The van der Waals surface area contributed by atoms with Gasteiger partial charge < -0.3 is 10.6 Å². The van der Waals surface area contributed by atoms with Crippen LogP contribution in [-0.2, 0) is 0 Å². The Bertz CT molecular complexity index is 421. The molecule has 0 bridgehead atoms. The van der Waals surface area contributed by atoms with Crippen molar-refractivity contribution >= 4 is 0 Å². The zero-order chi connectivity index (χ0) is 13.6. The van der Waals surface area contributed by atoms with Gasteiger partial charge in [0, 0.05) is 19.3 Å². The first-order chi connectivity index (χ1) is 9.93. The maximum Gasteiger partial charge on any atom is 0.0852 e. The highest BCUT2D eigenvalue weighted by Gasteiger charge is 2.17. The molecule has 4 heterocycles. The lowest BCUT2D eigenvalue weighted by molar-refractivity contribution is 0.433. The molecule has 2 fully saturated rings. The highest BCUT2D eigenvalue weighted by Crippen LogP contribution is 2.11. The van der Waals surface area contributed by atoms with Crippen LogP contribution < -0.4 is 10.6 Å². The number of nitrogens with zero attached hydrogens (tertiary/aromatic N) is 6. The van der Waals surface area contributed by atoms with E-state index in [9.17, 15) is 0 Å². The van der Waals surface area contributed by atoms with Crippen LogP contribution in [0.15, 0.2) is 24.8 Å². The van der Waals surface area contributed by atoms with Crippen molar-refractivity contribution in [2.45, 2.75) is 24.9 Å². The van der Waals surface area contributed by atoms with Gasteiger partial charge in [0.2, 0.25) is 0 Å². The fourth-order valence-corrected chi connectivity index (χ4v) is 2.53. The second kappa shape index (κ2) is 6.58. The van der Waals surface area contributed by atoms with E-state index in [2.05, 4.69) is 31.1 Å². The molecule has 2 N–H and O–H groups in total. The molecule has 2 aliphatic rings. The lowest BCUT2D eigenvalue weighted by Gasteiger charge is -2.05. The van der Waals surface area contributed by atoms with E-state index in [1.54, 1.807) is 23.4 Å². The van der Waals surface area contributed by atoms with Crippen LogP contribution in [0.2, 0.25) is 0 Å². The monoisotopic (exact) mass is 276 g/mol. The predicted molar refractivity (Wildman–Crippen MR) is 73.1 cm³/mol. The Balaban J connectivity index is 0.000000121. The van der Waals surface area contributed by atoms with E-state index in [1.165, 1.54) is 6.42 Å². The number of nitrogens with one attached hydrogen (secondary N) is 2. The normalized spacial score (nSPS) is 25.4. The molecule has 8 nitrogen and oxygen atoms in total. The van der Waals surface area contributed by atoms with Crippen molar-refractivity contribution in [2.24, 2.45) is 0 Å². The molecule has 4 rings (SSSR count). The summed E-state index contributed by atoms with van der Waals surface area (Å²) in [6, 6.07) is 1.01. The van der Waals surface area contributed by atoms with Crippen LogP contribution >= 0.6 is 0 Å². The van der Waals surface area contributed by atoms with Crippen LogP contribution in [0.5, 0.6) is 0 Å². The SMILES string of the molecule is c1cn(C2CCNC2)nn1.c1cnn(C2CCNC2)n1. The molecule has 2 aromatic heterocycles. The van der Waals surface area contributed by atoms with Gasteiger partial charge in [0.05, 0.1) is 30.7 Å². The van der Waals surface area contributed by atoms with Crippen molar-refractivity contribution in [1.29, 1.82) is 0 Å². The molecule has 20 heavy (non-hydrogen) atoms. The smallest absolute Gasteiger partial charge is 0.0852 e. The number of hydrogen-bond donors (Lipinski definition) is 2. The molecule has 0 radical (unpaired) electrons. The van der Waals surface area contributed by atoms with E-state index in [4.69, 9.17) is 0 Å². The Kier molecular flexibility index (Phi) is 4.34. The van der Waals surface area contributed by atoms with E-state index in [1.807, 2.05) is 10.9 Å². The van der Waals surface area contributed by atoms with E-state index in [0.29, 0.717) is 12.1 Å². The lowest BCUT2D eigenvalue weighted by atomic mass is 10.3. The zero-order valence-electron chi connectivity index (χ0n) is 11.4. The summed E-state index contributed by atoms with van der Waals surface area (Å²) in [5.74, 6) is 0. The van der Waals surface area contributed by atoms with Gasteiger partial charge in [-0.1, -0.05) is 5.21 Å². The molecule has 2 saturated heterocycles. The minimum Gasteiger partial charge on any atom is -0.315 e. The molecule has 108 valence electrons. The summed E-state index contributed by atoms with van der Waals surface area (Å²) in [4.78, 5) is 1.78. The molecule has 2 atom stereocenters. The molecule has 0 spiro atoms. The molecular weight excluding hydrogens is 256 g/mol. The molecule has 2 aliphatic heterocycles. The van der Waals surface area contributed by atoms with Crippen LogP contribution in [0.1, 0.15) is 24.9 Å². The molecule has 2 unspecified atom stereocenters. The third-order valence-corrected chi connectivity index (χ3v) is 3.65. The lowest BCUT2D eigenvalue weighted by Crippen LogP contribution is -2.15. The van der Waals surface area contributed by atoms with E-state index >= 15 is 0 Å². The molecule has 8 heteroatoms. The Morgan fingerprint density at radius 1 is 0.900 bits per heavy atom. The molecular formula is C12H20N8. The minimum absolute atomic E-state index is 0.481. The van der Waals surface area contributed by atoms with Crippen molar-refractivity contribution < 1.29 is 0 Å². The maximum atomic E-state index is 4.06. The quantitative estimate of drug-likeness (QED) is 0.778. The maximum absolute atomic E-state index is 4.06. The average Bonchev–Trinajstić information content (AvgIpc) is 3.29. The average molecular weight is 276 g/mol. The van der Waals surface area contributed by atoms with E-state index in [0.717, 1.165) is 32.6 Å². The number of rotatable bonds is 2. The van der Waals surface area contributed by atoms with Crippen molar-refractivity contribution in [3.63, 3.8) is 0 Å². The van der Waals surface area contributed by atoms with Gasteiger partial charge in [-0.05, 0) is 25.9 Å². The van der Waals surface area contributed by atoms with Crippen molar-refractivity contribution in [1.82, 2.24) is 40.6 Å². The molecule has 2 aromatic rings. The first-order valence-electron chi connectivity index (χ1n) is 7.06. The summed E-state index contributed by atoms with van der Waals surface area (Å²) in [5, 5.41) is 22.3. The largest absolute Gasteiger partial charge is 0.315 e. The van der Waals surface area contributed by atoms with Crippen molar-refractivity contribution in [2.75, 3.05) is 26.2 Å². The number of aromatic nitrogens is 6. The van der Waals surface area contributed by atoms with E-state index < -0.39 is 0 Å². The molecule has 0 aromatic carbocycles. The standard InChI is InChI=1S/2C6H10N4/c1-2-7-5-6(1)10-4-3-8-9-10;1-2-7-5-6(1)10-8-3-4-9-10/h2*3-4,6-7H,1-2,5H2. The minimum atomic E-state index is 0.481. The Morgan fingerprint density at radius 3 is 2.15 bits per heavy atom. The molecule has 0 saturated carbocycles. The van der Waals surface area contributed by atoms with Gasteiger partial charge in [-0.3, -0.25) is 0 Å². The van der Waals surface area contributed by atoms with Gasteiger partial charge in [0.25, 0.3) is 0 Å². The highest BCUT2D eigenvalue weighted by molar-refractivity contribution is 4.79. The second-order valence-corrected chi connectivity index (χ2v) is 5.03. The first-order valence-corrected chi connectivity index (χ1v) is 7.06. The van der Waals surface area contributed by atoms with Gasteiger partial charge in [0.1, 0.15) is 0 Å². The summed E-state index contributed by atoms with van der Waals surface area (Å²) in [5.41, 5.74) is 0. The first kappa shape index (κ1) is 13.2. The van der Waals surface area contributed by atoms with Gasteiger partial charge >= 0.3 is 0 Å². The summed E-state index contributed by atoms with van der Waals surface area (Å²) in [6.45, 7) is 4.23. The summed E-state index contributed by atoms with van der Waals surface area (Å²) in [6.07, 6.45) is 9.39. The Hall–Kier alpha value is -1.80. The fraction of sp³-hybridized carbons (Fsp3) is 0.667. The van der Waals surface area contributed by atoms with E-state index in [-0.39, 0.29) is 0 Å². The van der Waals surface area contributed by atoms with Gasteiger partial charge in [-0.2, -0.15) is 15.0 Å². The van der Waals surface area contributed by atoms with Crippen LogP contribution in [0.3, 0.4) is 0 Å². The second-order valence-electron chi connectivity index (χ2n) is 5.03. The van der Waals surface area contributed by atoms with Gasteiger partial charge in [-0.15, -0.1) is 5.10 Å². The van der Waals surface area contributed by atoms with Crippen molar-refractivity contribution in [3.8, 4) is 0 Å². The molecule has 0 aliphatic carbocycles. The van der Waals surface area contributed by atoms with Crippen LogP contribution in [-0.4, -0.2) is 56.2 Å². The number of hydrogen-bond acceptors (Lipinski definition) is 6. The topological polar surface area (TPSA) is 85.5 Å². The summed E-state index contributed by atoms with van der Waals surface area (Å²) < 4.78 is 1.92. The zero-order valence-corrected chi connectivity index (χ0v) is 11.4.